The van der Waals surface area contributed by atoms with Crippen LogP contribution in [0.2, 0.25) is 0 Å². The van der Waals surface area contributed by atoms with E-state index in [1.54, 1.807) is 49.1 Å². The number of aliphatic hydroxyl groups is 1. The van der Waals surface area contributed by atoms with E-state index >= 15 is 0 Å². The number of Topliss-reactive ketones (excluding diaryl/α,β-unsaturated/α-hetero) is 1. The van der Waals surface area contributed by atoms with Crippen LogP contribution in [0.3, 0.4) is 0 Å². The van der Waals surface area contributed by atoms with E-state index < -0.39 is 22.7 Å². The zero-order valence-electron chi connectivity index (χ0n) is 19.7. The summed E-state index contributed by atoms with van der Waals surface area (Å²) in [7, 11) is 0. The van der Waals surface area contributed by atoms with Gasteiger partial charge >= 0.3 is 0 Å². The van der Waals surface area contributed by atoms with Crippen LogP contribution in [0.4, 0.5) is 5.69 Å². The molecular formula is C26H26N4O6. The van der Waals surface area contributed by atoms with Crippen molar-refractivity contribution in [1.29, 1.82) is 0 Å². The highest BCUT2D eigenvalue weighted by molar-refractivity contribution is 6.46. The van der Waals surface area contributed by atoms with Gasteiger partial charge in [-0.3, -0.25) is 19.7 Å². The maximum Gasteiger partial charge on any atom is 0.295 e. The largest absolute Gasteiger partial charge is 0.507 e. The van der Waals surface area contributed by atoms with Gasteiger partial charge in [0.25, 0.3) is 17.4 Å². The molecule has 1 unspecified atom stereocenters. The molecule has 1 amide bonds. The lowest BCUT2D eigenvalue weighted by Crippen LogP contribution is -2.31. The Morgan fingerprint density at radius 2 is 1.94 bits per heavy atom. The summed E-state index contributed by atoms with van der Waals surface area (Å²) in [4.78, 5) is 42.4. The van der Waals surface area contributed by atoms with Crippen molar-refractivity contribution in [1.82, 2.24) is 14.5 Å². The minimum absolute atomic E-state index is 0.106. The number of imidazole rings is 1. The Labute approximate surface area is 207 Å². The number of benzene rings is 2. The Kier molecular flexibility index (Phi) is 7.43. The van der Waals surface area contributed by atoms with Gasteiger partial charge in [-0.15, -0.1) is 0 Å². The lowest BCUT2D eigenvalue weighted by molar-refractivity contribution is -0.384. The first-order chi connectivity index (χ1) is 17.4. The number of nitrogens with zero attached hydrogens (tertiary/aromatic N) is 4. The number of rotatable bonds is 10. The number of nitro benzene ring substituents is 1. The van der Waals surface area contributed by atoms with E-state index in [0.29, 0.717) is 36.4 Å². The molecule has 1 fully saturated rings. The number of ketones is 1. The average Bonchev–Trinajstić information content (AvgIpc) is 3.50. The molecule has 1 saturated heterocycles. The van der Waals surface area contributed by atoms with E-state index in [1.165, 1.54) is 23.1 Å². The summed E-state index contributed by atoms with van der Waals surface area (Å²) >= 11 is 0. The van der Waals surface area contributed by atoms with Gasteiger partial charge in [0.2, 0.25) is 0 Å². The highest BCUT2D eigenvalue weighted by Gasteiger charge is 2.46. The molecule has 1 aliphatic heterocycles. The molecule has 0 bridgehead atoms. The van der Waals surface area contributed by atoms with Gasteiger partial charge in [-0.1, -0.05) is 19.1 Å². The number of ether oxygens (including phenoxy) is 1. The molecule has 1 N–H and O–H groups in total. The highest BCUT2D eigenvalue weighted by atomic mass is 16.6. The molecule has 1 aliphatic rings. The molecule has 36 heavy (non-hydrogen) atoms. The number of likely N-dealkylation sites (tertiary alicyclic amines) is 1. The number of carbonyl (C=O) groups is 2. The molecule has 186 valence electrons. The van der Waals surface area contributed by atoms with Gasteiger partial charge in [0.05, 0.1) is 29.5 Å². The maximum absolute atomic E-state index is 13.2. The van der Waals surface area contributed by atoms with Crippen molar-refractivity contribution in [3.8, 4) is 5.75 Å². The zero-order chi connectivity index (χ0) is 25.7. The third-order valence-corrected chi connectivity index (χ3v) is 5.91. The highest BCUT2D eigenvalue weighted by Crippen LogP contribution is 2.40. The Morgan fingerprint density at radius 3 is 2.61 bits per heavy atom. The van der Waals surface area contributed by atoms with E-state index in [-0.39, 0.29) is 23.6 Å². The fraction of sp³-hybridized carbons (Fsp3) is 0.269. The maximum atomic E-state index is 13.2. The first-order valence-electron chi connectivity index (χ1n) is 11.6. The molecule has 10 nitrogen and oxygen atoms in total. The topological polar surface area (TPSA) is 128 Å². The van der Waals surface area contributed by atoms with Gasteiger partial charge in [0, 0.05) is 43.2 Å². The molecule has 4 rings (SSSR count). The summed E-state index contributed by atoms with van der Waals surface area (Å²) in [5.74, 6) is -1.33. The third kappa shape index (κ3) is 5.12. The summed E-state index contributed by atoms with van der Waals surface area (Å²) in [6.45, 7) is 3.30. The van der Waals surface area contributed by atoms with Crippen LogP contribution in [0.1, 0.15) is 36.9 Å². The molecule has 3 aromatic rings. The zero-order valence-corrected chi connectivity index (χ0v) is 19.7. The number of hydrogen-bond donors (Lipinski definition) is 1. The van der Waals surface area contributed by atoms with Crippen LogP contribution in [0.25, 0.3) is 5.76 Å². The Bertz CT molecular complexity index is 1280. The molecule has 0 saturated carbocycles. The fourth-order valence-electron chi connectivity index (χ4n) is 4.19. The van der Waals surface area contributed by atoms with E-state index in [1.807, 2.05) is 11.5 Å². The lowest BCUT2D eigenvalue weighted by Gasteiger charge is -2.25. The number of carbonyl (C=O) groups excluding carboxylic acids is 2. The number of amides is 1. The van der Waals surface area contributed by atoms with Crippen LogP contribution in [0, 0.1) is 10.1 Å². The summed E-state index contributed by atoms with van der Waals surface area (Å²) < 4.78 is 7.42. The lowest BCUT2D eigenvalue weighted by atomic mass is 9.95. The molecule has 1 atom stereocenters. The number of aryl methyl sites for hydroxylation is 1. The smallest absolute Gasteiger partial charge is 0.295 e. The van der Waals surface area contributed by atoms with Gasteiger partial charge in [0.1, 0.15) is 11.5 Å². The number of non-ortho nitro benzene ring substituents is 1. The number of aliphatic hydroxyl groups excluding tert-OH is 1. The van der Waals surface area contributed by atoms with Crippen LogP contribution in [0.15, 0.2) is 72.8 Å². The minimum Gasteiger partial charge on any atom is -0.507 e. The molecule has 10 heteroatoms. The van der Waals surface area contributed by atoms with Crippen molar-refractivity contribution in [3.63, 3.8) is 0 Å². The van der Waals surface area contributed by atoms with Crippen molar-refractivity contribution < 1.29 is 24.4 Å². The van der Waals surface area contributed by atoms with Crippen LogP contribution in [-0.2, 0) is 16.1 Å². The number of aromatic nitrogens is 2. The van der Waals surface area contributed by atoms with Crippen molar-refractivity contribution in [3.05, 3.63) is 94.1 Å². The van der Waals surface area contributed by atoms with Crippen molar-refractivity contribution in [2.24, 2.45) is 0 Å². The Balaban J connectivity index is 1.72. The monoisotopic (exact) mass is 490 g/mol. The first kappa shape index (κ1) is 24.6. The van der Waals surface area contributed by atoms with Gasteiger partial charge < -0.3 is 19.3 Å². The van der Waals surface area contributed by atoms with E-state index in [9.17, 15) is 24.8 Å². The second-order valence-electron chi connectivity index (χ2n) is 8.37. The number of hydrogen-bond acceptors (Lipinski definition) is 7. The minimum atomic E-state index is -0.969. The SMILES string of the molecule is CCCOc1ccc(/C(O)=C2/C(=O)C(=O)N(CCCn3ccnc3)C2c2cccc([N+](=O)[O-])c2)cc1. The normalized spacial score (nSPS) is 16.9. The summed E-state index contributed by atoms with van der Waals surface area (Å²) in [6, 6.07) is 11.4. The van der Waals surface area contributed by atoms with Gasteiger partial charge in [-0.25, -0.2) is 4.98 Å². The van der Waals surface area contributed by atoms with Gasteiger partial charge in [-0.2, -0.15) is 0 Å². The second kappa shape index (κ2) is 10.9. The Morgan fingerprint density at radius 1 is 1.17 bits per heavy atom. The average molecular weight is 491 g/mol. The van der Waals surface area contributed by atoms with Crippen LogP contribution < -0.4 is 4.74 Å². The van der Waals surface area contributed by atoms with Gasteiger partial charge in [0.15, 0.2) is 0 Å². The van der Waals surface area contributed by atoms with Gasteiger partial charge in [-0.05, 0) is 42.7 Å². The fourth-order valence-corrected chi connectivity index (χ4v) is 4.19. The quantitative estimate of drug-likeness (QED) is 0.149. The van der Waals surface area contributed by atoms with E-state index in [2.05, 4.69) is 4.98 Å². The van der Waals surface area contributed by atoms with Crippen molar-refractivity contribution in [2.75, 3.05) is 13.2 Å². The Hall–Kier alpha value is -4.47. The second-order valence-corrected chi connectivity index (χ2v) is 8.37. The first-order valence-corrected chi connectivity index (χ1v) is 11.6. The molecular weight excluding hydrogens is 464 g/mol. The predicted molar refractivity (Wildman–Crippen MR) is 131 cm³/mol. The number of nitro groups is 1. The molecule has 0 spiro atoms. The van der Waals surface area contributed by atoms with Crippen molar-refractivity contribution in [2.45, 2.75) is 32.4 Å². The van der Waals surface area contributed by atoms with Crippen LogP contribution >= 0.6 is 0 Å². The van der Waals surface area contributed by atoms with Crippen LogP contribution in [0.5, 0.6) is 5.75 Å². The molecule has 0 aliphatic carbocycles. The van der Waals surface area contributed by atoms with E-state index in [4.69, 9.17) is 4.74 Å². The molecule has 2 aromatic carbocycles. The standard InChI is InChI=1S/C26H26N4O6/c1-2-15-36-21-9-7-18(8-10-21)24(31)22-23(19-5-3-6-20(16-19)30(34)35)29(26(33)25(22)32)13-4-12-28-14-11-27-17-28/h3,5-11,14,16-17,23,31H,2,4,12-13,15H2,1H3/b24-22-. The molecule has 1 aromatic heterocycles. The summed E-state index contributed by atoms with van der Waals surface area (Å²) in [5, 5.41) is 22.6. The summed E-state index contributed by atoms with van der Waals surface area (Å²) in [6.07, 6.45) is 6.45. The molecule has 0 radical (unpaired) electrons. The van der Waals surface area contributed by atoms with Crippen LogP contribution in [-0.4, -0.2) is 49.3 Å². The predicted octanol–water partition coefficient (Wildman–Crippen LogP) is 4.09. The van der Waals surface area contributed by atoms with E-state index in [0.717, 1.165) is 6.42 Å². The third-order valence-electron chi connectivity index (χ3n) is 5.91. The summed E-state index contributed by atoms with van der Waals surface area (Å²) in [5.41, 5.74) is 0.431. The van der Waals surface area contributed by atoms with Crippen molar-refractivity contribution >= 4 is 23.1 Å². The molecule has 2 heterocycles.